The third kappa shape index (κ3) is 3.35. The summed E-state index contributed by atoms with van der Waals surface area (Å²) in [5, 5.41) is 8.55. The fraction of sp³-hybridized carbons (Fsp3) is 0.333. The number of nitriles is 1. The molecule has 0 unspecified atom stereocenters. The second kappa shape index (κ2) is 5.86. The Kier molecular flexibility index (Phi) is 4.46. The molecule has 1 aromatic rings. The molecular weight excluding hydrogens is 209 g/mol. The van der Waals surface area contributed by atoms with E-state index in [1.165, 1.54) is 18.2 Å². The fourth-order valence-electron chi connectivity index (χ4n) is 1.29. The van der Waals surface area contributed by atoms with Crippen molar-refractivity contribution in [2.75, 3.05) is 6.61 Å². The summed E-state index contributed by atoms with van der Waals surface area (Å²) in [7, 11) is 0. The largest absolute Gasteiger partial charge is 0.466 e. The first-order valence-corrected chi connectivity index (χ1v) is 5.01. The second-order valence-corrected chi connectivity index (χ2v) is 3.22. The SMILES string of the molecule is CCOC(=O)CCc1ccc(C#N)cc1F. The van der Waals surface area contributed by atoms with Crippen LogP contribution >= 0.6 is 0 Å². The van der Waals surface area contributed by atoms with Crippen LogP contribution in [0.25, 0.3) is 0 Å². The number of benzene rings is 1. The molecule has 1 rings (SSSR count). The highest BCUT2D eigenvalue weighted by atomic mass is 19.1. The fourth-order valence-corrected chi connectivity index (χ4v) is 1.29. The van der Waals surface area contributed by atoms with Crippen molar-refractivity contribution in [3.63, 3.8) is 0 Å². The second-order valence-electron chi connectivity index (χ2n) is 3.22. The van der Waals surface area contributed by atoms with Crippen LogP contribution < -0.4 is 0 Å². The Morgan fingerprint density at radius 2 is 2.31 bits per heavy atom. The highest BCUT2D eigenvalue weighted by Gasteiger charge is 2.07. The molecule has 0 heterocycles. The zero-order chi connectivity index (χ0) is 12.0. The number of carbonyl (C=O) groups excluding carboxylic acids is 1. The Morgan fingerprint density at radius 1 is 1.56 bits per heavy atom. The number of nitrogens with zero attached hydrogens (tertiary/aromatic N) is 1. The molecule has 84 valence electrons. The minimum absolute atomic E-state index is 0.149. The molecule has 0 N–H and O–H groups in total. The number of rotatable bonds is 4. The van der Waals surface area contributed by atoms with Crippen molar-refractivity contribution < 1.29 is 13.9 Å². The molecule has 0 aromatic heterocycles. The molecule has 16 heavy (non-hydrogen) atoms. The topological polar surface area (TPSA) is 50.1 Å². The molecule has 0 aliphatic rings. The smallest absolute Gasteiger partial charge is 0.306 e. The van der Waals surface area contributed by atoms with Crippen LogP contribution in [0.1, 0.15) is 24.5 Å². The average Bonchev–Trinajstić information content (AvgIpc) is 2.27. The van der Waals surface area contributed by atoms with Gasteiger partial charge in [0.05, 0.1) is 18.2 Å². The maximum Gasteiger partial charge on any atom is 0.306 e. The summed E-state index contributed by atoms with van der Waals surface area (Å²) in [5.74, 6) is -0.797. The van der Waals surface area contributed by atoms with Crippen molar-refractivity contribution in [1.29, 1.82) is 5.26 Å². The first kappa shape index (κ1) is 12.2. The summed E-state index contributed by atoms with van der Waals surface area (Å²) in [4.78, 5) is 11.1. The molecule has 0 bridgehead atoms. The molecule has 3 nitrogen and oxygen atoms in total. The van der Waals surface area contributed by atoms with Crippen LogP contribution in [-0.2, 0) is 16.0 Å². The first-order chi connectivity index (χ1) is 7.67. The van der Waals surface area contributed by atoms with Crippen LogP contribution in [0.3, 0.4) is 0 Å². The summed E-state index contributed by atoms with van der Waals surface area (Å²) in [6, 6.07) is 6.07. The van der Waals surface area contributed by atoms with Crippen LogP contribution in [0, 0.1) is 17.1 Å². The van der Waals surface area contributed by atoms with E-state index in [4.69, 9.17) is 10.00 Å². The van der Waals surface area contributed by atoms with Crippen molar-refractivity contribution in [2.45, 2.75) is 19.8 Å². The van der Waals surface area contributed by atoms with Gasteiger partial charge in [-0.25, -0.2) is 4.39 Å². The van der Waals surface area contributed by atoms with Gasteiger partial charge in [0.25, 0.3) is 0 Å². The Bertz CT molecular complexity index is 424. The quantitative estimate of drug-likeness (QED) is 0.732. The van der Waals surface area contributed by atoms with E-state index in [1.54, 1.807) is 6.92 Å². The van der Waals surface area contributed by atoms with Gasteiger partial charge >= 0.3 is 5.97 Å². The predicted molar refractivity (Wildman–Crippen MR) is 56.1 cm³/mol. The third-order valence-electron chi connectivity index (χ3n) is 2.09. The van der Waals surface area contributed by atoms with Crippen molar-refractivity contribution in [3.05, 3.63) is 35.1 Å². The number of aryl methyl sites for hydroxylation is 1. The van der Waals surface area contributed by atoms with E-state index in [-0.39, 0.29) is 24.4 Å². The molecule has 0 spiro atoms. The Hall–Kier alpha value is -1.89. The lowest BCUT2D eigenvalue weighted by Gasteiger charge is -2.03. The van der Waals surface area contributed by atoms with Gasteiger partial charge in [0.2, 0.25) is 0 Å². The highest BCUT2D eigenvalue weighted by Crippen LogP contribution is 2.12. The standard InChI is InChI=1S/C12H12FNO2/c1-2-16-12(15)6-5-10-4-3-9(8-14)7-11(10)13/h3-4,7H,2,5-6H2,1H3. The summed E-state index contributed by atoms with van der Waals surface area (Å²) >= 11 is 0. The van der Waals surface area contributed by atoms with Gasteiger partial charge in [0.1, 0.15) is 5.82 Å². The van der Waals surface area contributed by atoms with Gasteiger partial charge in [0.15, 0.2) is 0 Å². The minimum Gasteiger partial charge on any atom is -0.466 e. The van der Waals surface area contributed by atoms with E-state index in [0.29, 0.717) is 12.2 Å². The van der Waals surface area contributed by atoms with Crippen LogP contribution in [0.4, 0.5) is 4.39 Å². The summed E-state index contributed by atoms with van der Waals surface area (Å²) in [6.45, 7) is 2.05. The van der Waals surface area contributed by atoms with Crippen LogP contribution in [0.5, 0.6) is 0 Å². The Labute approximate surface area is 93.5 Å². The lowest BCUT2D eigenvalue weighted by Crippen LogP contribution is -2.06. The van der Waals surface area contributed by atoms with E-state index < -0.39 is 5.82 Å². The number of carbonyl (C=O) groups is 1. The number of hydrogen-bond acceptors (Lipinski definition) is 3. The zero-order valence-corrected chi connectivity index (χ0v) is 9.00. The summed E-state index contributed by atoms with van der Waals surface area (Å²) in [6.07, 6.45) is 0.438. The molecule has 0 saturated heterocycles. The van der Waals surface area contributed by atoms with Gasteiger partial charge < -0.3 is 4.74 Å². The molecule has 0 aliphatic heterocycles. The maximum absolute atomic E-state index is 13.4. The van der Waals surface area contributed by atoms with E-state index in [9.17, 15) is 9.18 Å². The van der Waals surface area contributed by atoms with E-state index in [2.05, 4.69) is 0 Å². The number of halogens is 1. The van der Waals surface area contributed by atoms with Crippen LogP contribution in [0.2, 0.25) is 0 Å². The third-order valence-corrected chi connectivity index (χ3v) is 2.09. The molecule has 1 aromatic carbocycles. The maximum atomic E-state index is 13.4. The molecule has 0 radical (unpaired) electrons. The summed E-state index contributed by atoms with van der Waals surface area (Å²) < 4.78 is 18.1. The van der Waals surface area contributed by atoms with Crippen molar-refractivity contribution >= 4 is 5.97 Å². The first-order valence-electron chi connectivity index (χ1n) is 5.01. The van der Waals surface area contributed by atoms with Gasteiger partial charge in [-0.1, -0.05) is 6.07 Å². The molecule has 0 fully saturated rings. The zero-order valence-electron chi connectivity index (χ0n) is 9.00. The van der Waals surface area contributed by atoms with Crippen LogP contribution in [0.15, 0.2) is 18.2 Å². The van der Waals surface area contributed by atoms with Crippen LogP contribution in [-0.4, -0.2) is 12.6 Å². The van der Waals surface area contributed by atoms with E-state index in [1.807, 2.05) is 6.07 Å². The lowest BCUT2D eigenvalue weighted by molar-refractivity contribution is -0.143. The molecule has 0 aliphatic carbocycles. The van der Waals surface area contributed by atoms with Gasteiger partial charge in [-0.05, 0) is 31.0 Å². The lowest BCUT2D eigenvalue weighted by atomic mass is 10.1. The van der Waals surface area contributed by atoms with E-state index >= 15 is 0 Å². The number of hydrogen-bond donors (Lipinski definition) is 0. The Balaban J connectivity index is 2.62. The normalized spacial score (nSPS) is 9.56. The molecule has 0 atom stereocenters. The van der Waals surface area contributed by atoms with Gasteiger partial charge in [-0.15, -0.1) is 0 Å². The van der Waals surface area contributed by atoms with E-state index in [0.717, 1.165) is 0 Å². The minimum atomic E-state index is -0.455. The number of ether oxygens (including phenoxy) is 1. The molecule has 0 saturated carbocycles. The predicted octanol–water partition coefficient (Wildman–Crippen LogP) is 2.19. The van der Waals surface area contributed by atoms with Gasteiger partial charge in [-0.3, -0.25) is 4.79 Å². The Morgan fingerprint density at radius 3 is 2.88 bits per heavy atom. The average molecular weight is 221 g/mol. The molecule has 4 heteroatoms. The van der Waals surface area contributed by atoms with Gasteiger partial charge in [-0.2, -0.15) is 5.26 Å². The monoisotopic (exact) mass is 221 g/mol. The molecular formula is C12H12FNO2. The van der Waals surface area contributed by atoms with Crippen molar-refractivity contribution in [1.82, 2.24) is 0 Å². The molecule has 0 amide bonds. The number of esters is 1. The van der Waals surface area contributed by atoms with Gasteiger partial charge in [0, 0.05) is 6.42 Å². The summed E-state index contributed by atoms with van der Waals surface area (Å²) in [5.41, 5.74) is 0.699. The van der Waals surface area contributed by atoms with Crippen molar-refractivity contribution in [3.8, 4) is 6.07 Å². The van der Waals surface area contributed by atoms with Crippen molar-refractivity contribution in [2.24, 2.45) is 0 Å². The highest BCUT2D eigenvalue weighted by molar-refractivity contribution is 5.69.